The maximum absolute atomic E-state index is 12.0. The first kappa shape index (κ1) is 16.0. The number of carbonyl (C=O) groups is 1. The summed E-state index contributed by atoms with van der Waals surface area (Å²) in [5.41, 5.74) is 6.27. The van der Waals surface area contributed by atoms with E-state index in [1.165, 1.54) is 0 Å². The van der Waals surface area contributed by atoms with Crippen molar-refractivity contribution >= 4 is 11.6 Å². The summed E-state index contributed by atoms with van der Waals surface area (Å²) in [5.74, 6) is 0.733. The van der Waals surface area contributed by atoms with Crippen molar-refractivity contribution in [3.05, 3.63) is 36.9 Å². The third kappa shape index (κ3) is 5.75. The average molecular weight is 278 g/mol. The van der Waals surface area contributed by atoms with Crippen LogP contribution < -0.4 is 10.5 Å². The lowest BCUT2D eigenvalue weighted by Crippen LogP contribution is -2.34. The van der Waals surface area contributed by atoms with Crippen LogP contribution in [0.1, 0.15) is 6.42 Å². The lowest BCUT2D eigenvalue weighted by Gasteiger charge is -2.20. The van der Waals surface area contributed by atoms with E-state index < -0.39 is 0 Å². The fraction of sp³-hybridized carbons (Fsp3) is 0.400. The van der Waals surface area contributed by atoms with E-state index in [4.69, 9.17) is 15.2 Å². The fourth-order valence-corrected chi connectivity index (χ4v) is 1.65. The Balaban J connectivity index is 2.36. The van der Waals surface area contributed by atoms with Gasteiger partial charge < -0.3 is 20.1 Å². The molecule has 1 aromatic carbocycles. The van der Waals surface area contributed by atoms with Crippen molar-refractivity contribution in [3.63, 3.8) is 0 Å². The van der Waals surface area contributed by atoms with Crippen LogP contribution in [0.4, 0.5) is 5.69 Å². The second-order valence-corrected chi connectivity index (χ2v) is 4.29. The molecule has 0 radical (unpaired) electrons. The van der Waals surface area contributed by atoms with Crippen molar-refractivity contribution in [2.45, 2.75) is 6.42 Å². The number of carbonyl (C=O) groups excluding carboxylic acids is 1. The summed E-state index contributed by atoms with van der Waals surface area (Å²) < 4.78 is 10.5. The van der Waals surface area contributed by atoms with Crippen LogP contribution in [0.15, 0.2) is 36.9 Å². The topological polar surface area (TPSA) is 64.8 Å². The molecule has 5 nitrogen and oxygen atoms in total. The van der Waals surface area contributed by atoms with E-state index >= 15 is 0 Å². The molecule has 0 unspecified atom stereocenters. The largest absolute Gasteiger partial charge is 0.493 e. The molecule has 1 aromatic rings. The number of rotatable bonds is 9. The van der Waals surface area contributed by atoms with Gasteiger partial charge in [-0.15, -0.1) is 6.58 Å². The molecule has 0 saturated heterocycles. The summed E-state index contributed by atoms with van der Waals surface area (Å²) >= 11 is 0. The smallest absolute Gasteiger partial charge is 0.226 e. The van der Waals surface area contributed by atoms with Gasteiger partial charge in [0.05, 0.1) is 19.6 Å². The van der Waals surface area contributed by atoms with E-state index in [-0.39, 0.29) is 5.91 Å². The van der Waals surface area contributed by atoms with Crippen molar-refractivity contribution in [1.29, 1.82) is 0 Å². The minimum absolute atomic E-state index is 0.0254. The molecule has 0 bridgehead atoms. The molecule has 0 aliphatic carbocycles. The first-order valence-electron chi connectivity index (χ1n) is 6.53. The Labute approximate surface area is 120 Å². The summed E-state index contributed by atoms with van der Waals surface area (Å²) in [7, 11) is 1.61. The maximum atomic E-state index is 12.0. The van der Waals surface area contributed by atoms with Gasteiger partial charge in [-0.1, -0.05) is 6.08 Å². The predicted octanol–water partition coefficient (Wildman–Crippen LogP) is 1.70. The zero-order valence-corrected chi connectivity index (χ0v) is 11.9. The molecule has 20 heavy (non-hydrogen) atoms. The van der Waals surface area contributed by atoms with E-state index in [9.17, 15) is 4.79 Å². The van der Waals surface area contributed by atoms with Gasteiger partial charge in [0.1, 0.15) is 5.75 Å². The number of anilines is 1. The molecule has 1 amide bonds. The SMILES string of the molecule is C=CCN(CCOC)C(=O)CCOc1ccc(N)cc1. The number of nitrogen functional groups attached to an aromatic ring is 1. The Kier molecular flexibility index (Phi) is 7.21. The summed E-state index contributed by atoms with van der Waals surface area (Å²) in [5, 5.41) is 0. The van der Waals surface area contributed by atoms with Gasteiger partial charge in [0, 0.05) is 25.9 Å². The first-order chi connectivity index (χ1) is 9.67. The van der Waals surface area contributed by atoms with Crippen molar-refractivity contribution < 1.29 is 14.3 Å². The minimum Gasteiger partial charge on any atom is -0.493 e. The van der Waals surface area contributed by atoms with Crippen LogP contribution in [-0.4, -0.2) is 44.2 Å². The summed E-state index contributed by atoms with van der Waals surface area (Å²) in [4.78, 5) is 13.7. The van der Waals surface area contributed by atoms with E-state index in [1.54, 1.807) is 42.4 Å². The van der Waals surface area contributed by atoms with Crippen LogP contribution in [0.2, 0.25) is 0 Å². The summed E-state index contributed by atoms with van der Waals surface area (Å²) in [6.07, 6.45) is 2.02. The minimum atomic E-state index is 0.0254. The highest BCUT2D eigenvalue weighted by Gasteiger charge is 2.11. The molecule has 110 valence electrons. The Morgan fingerprint density at radius 1 is 1.35 bits per heavy atom. The zero-order chi connectivity index (χ0) is 14.8. The highest BCUT2D eigenvalue weighted by molar-refractivity contribution is 5.76. The molecular weight excluding hydrogens is 256 g/mol. The number of nitrogens with zero attached hydrogens (tertiary/aromatic N) is 1. The summed E-state index contributed by atoms with van der Waals surface area (Å²) in [6, 6.07) is 7.10. The molecule has 0 atom stereocenters. The van der Waals surface area contributed by atoms with Gasteiger partial charge >= 0.3 is 0 Å². The van der Waals surface area contributed by atoms with Gasteiger partial charge in [0.2, 0.25) is 5.91 Å². The molecule has 1 rings (SSSR count). The second kappa shape index (κ2) is 8.98. The third-order valence-corrected chi connectivity index (χ3v) is 2.73. The van der Waals surface area contributed by atoms with Crippen molar-refractivity contribution in [3.8, 4) is 5.75 Å². The van der Waals surface area contributed by atoms with Crippen LogP contribution in [0.3, 0.4) is 0 Å². The molecule has 0 heterocycles. The first-order valence-corrected chi connectivity index (χ1v) is 6.53. The standard InChI is InChI=1S/C15H22N2O3/c1-3-9-17(10-12-19-2)15(18)8-11-20-14-6-4-13(16)5-7-14/h3-7H,1,8-12,16H2,2H3. The van der Waals surface area contributed by atoms with Gasteiger partial charge in [-0.3, -0.25) is 4.79 Å². The fourth-order valence-electron chi connectivity index (χ4n) is 1.65. The van der Waals surface area contributed by atoms with E-state index in [2.05, 4.69) is 6.58 Å². The summed E-state index contributed by atoms with van der Waals surface area (Å²) in [6.45, 7) is 5.57. The van der Waals surface area contributed by atoms with Crippen molar-refractivity contribution in [2.24, 2.45) is 0 Å². The number of amides is 1. The lowest BCUT2D eigenvalue weighted by atomic mass is 10.3. The molecule has 0 aliphatic heterocycles. The molecule has 5 heteroatoms. The molecule has 0 fully saturated rings. The van der Waals surface area contributed by atoms with Crippen LogP contribution in [0.25, 0.3) is 0 Å². The molecule has 0 aromatic heterocycles. The van der Waals surface area contributed by atoms with Crippen LogP contribution >= 0.6 is 0 Å². The van der Waals surface area contributed by atoms with E-state index in [1.807, 2.05) is 0 Å². The number of hydrogen-bond acceptors (Lipinski definition) is 4. The Morgan fingerprint density at radius 2 is 2.05 bits per heavy atom. The van der Waals surface area contributed by atoms with Gasteiger partial charge in [-0.25, -0.2) is 0 Å². The zero-order valence-electron chi connectivity index (χ0n) is 11.9. The number of ether oxygens (including phenoxy) is 2. The Morgan fingerprint density at radius 3 is 2.65 bits per heavy atom. The molecule has 0 saturated carbocycles. The lowest BCUT2D eigenvalue weighted by molar-refractivity contribution is -0.131. The molecular formula is C15H22N2O3. The molecule has 2 N–H and O–H groups in total. The monoisotopic (exact) mass is 278 g/mol. The highest BCUT2D eigenvalue weighted by atomic mass is 16.5. The van der Waals surface area contributed by atoms with Crippen LogP contribution in [0, 0.1) is 0 Å². The third-order valence-electron chi connectivity index (χ3n) is 2.73. The van der Waals surface area contributed by atoms with Crippen LogP contribution in [0.5, 0.6) is 5.75 Å². The van der Waals surface area contributed by atoms with E-state index in [0.29, 0.717) is 44.2 Å². The van der Waals surface area contributed by atoms with E-state index in [0.717, 1.165) is 0 Å². The number of nitrogens with two attached hydrogens (primary N) is 1. The number of hydrogen-bond donors (Lipinski definition) is 1. The van der Waals surface area contributed by atoms with Crippen molar-refractivity contribution in [1.82, 2.24) is 4.90 Å². The van der Waals surface area contributed by atoms with Gasteiger partial charge in [-0.05, 0) is 24.3 Å². The van der Waals surface area contributed by atoms with Gasteiger partial charge in [-0.2, -0.15) is 0 Å². The number of methoxy groups -OCH3 is 1. The second-order valence-electron chi connectivity index (χ2n) is 4.29. The van der Waals surface area contributed by atoms with Gasteiger partial charge in [0.15, 0.2) is 0 Å². The van der Waals surface area contributed by atoms with Crippen molar-refractivity contribution in [2.75, 3.05) is 39.1 Å². The maximum Gasteiger partial charge on any atom is 0.226 e. The predicted molar refractivity (Wildman–Crippen MR) is 79.6 cm³/mol. The number of benzene rings is 1. The normalized spacial score (nSPS) is 10.1. The molecule has 0 aliphatic rings. The van der Waals surface area contributed by atoms with Gasteiger partial charge in [0.25, 0.3) is 0 Å². The molecule has 0 spiro atoms. The average Bonchev–Trinajstić information content (AvgIpc) is 2.45. The Hall–Kier alpha value is -2.01. The Bertz CT molecular complexity index is 418. The highest BCUT2D eigenvalue weighted by Crippen LogP contribution is 2.13. The quantitative estimate of drug-likeness (QED) is 0.551. The van der Waals surface area contributed by atoms with Crippen LogP contribution in [-0.2, 0) is 9.53 Å².